The minimum atomic E-state index is -0.331. The van der Waals surface area contributed by atoms with Crippen molar-refractivity contribution in [1.29, 1.82) is 5.26 Å². The predicted molar refractivity (Wildman–Crippen MR) is 175 cm³/mol. The Bertz CT molecular complexity index is 1510. The molecule has 3 heterocycles. The zero-order chi connectivity index (χ0) is 31.1. The van der Waals surface area contributed by atoms with E-state index in [1.807, 2.05) is 0 Å². The molecule has 232 valence electrons. The first-order valence-corrected chi connectivity index (χ1v) is 15.6. The molecule has 1 atom stereocenters. The molecule has 1 unspecified atom stereocenters. The van der Waals surface area contributed by atoms with Gasteiger partial charge in [0.1, 0.15) is 6.61 Å². The molecule has 0 radical (unpaired) electrons. The van der Waals surface area contributed by atoms with Gasteiger partial charge in [-0.2, -0.15) is 5.26 Å². The number of carbonyl (C=O) groups is 1. The fourth-order valence-corrected chi connectivity index (χ4v) is 6.16. The minimum Gasteiger partial charge on any atom is -0.476 e. The van der Waals surface area contributed by atoms with Crippen LogP contribution in [0.5, 0.6) is 5.88 Å². The number of likely N-dealkylation sites (N-methyl/N-ethyl adjacent to an activating group) is 1. The Labute approximate surface area is 261 Å². The predicted octanol–water partition coefficient (Wildman–Crippen LogP) is 4.62. The molecular weight excluding hydrogens is 552 g/mol. The monoisotopic (exact) mass is 596 g/mol. The van der Waals surface area contributed by atoms with Gasteiger partial charge < -0.3 is 24.6 Å². The molecule has 2 aliphatic rings. The number of hydrogen-bond acceptors (Lipinski definition) is 8. The summed E-state index contributed by atoms with van der Waals surface area (Å²) in [7, 11) is 2.10. The summed E-state index contributed by atoms with van der Waals surface area (Å²) >= 11 is 0. The van der Waals surface area contributed by atoms with Gasteiger partial charge in [0, 0.05) is 54.6 Å². The van der Waals surface area contributed by atoms with Crippen molar-refractivity contribution in [2.75, 3.05) is 62.8 Å². The van der Waals surface area contributed by atoms with E-state index in [9.17, 15) is 10.1 Å². The molecule has 5 rings (SSSR count). The highest BCUT2D eigenvalue weighted by Crippen LogP contribution is 2.36. The lowest BCUT2D eigenvalue weighted by Gasteiger charge is -2.36. The Kier molecular flexibility index (Phi) is 10.4. The number of benzene rings is 2. The molecule has 1 saturated heterocycles. The Morgan fingerprint density at radius 2 is 2.09 bits per heavy atom. The normalized spacial score (nSPS) is 15.3. The van der Waals surface area contributed by atoms with Crippen molar-refractivity contribution < 1.29 is 14.3 Å². The quantitative estimate of drug-likeness (QED) is 0.270. The smallest absolute Gasteiger partial charge is 0.243 e. The minimum absolute atomic E-state index is 0.210. The Morgan fingerprint density at radius 3 is 2.80 bits per heavy atom. The summed E-state index contributed by atoms with van der Waals surface area (Å²) in [4.78, 5) is 24.3. The van der Waals surface area contributed by atoms with Gasteiger partial charge in [0.15, 0.2) is 0 Å². The molecule has 0 bridgehead atoms. The third-order valence-corrected chi connectivity index (χ3v) is 8.65. The van der Waals surface area contributed by atoms with Crippen LogP contribution < -0.4 is 19.9 Å². The van der Waals surface area contributed by atoms with E-state index in [4.69, 9.17) is 14.5 Å². The van der Waals surface area contributed by atoms with Crippen molar-refractivity contribution in [3.63, 3.8) is 0 Å². The summed E-state index contributed by atoms with van der Waals surface area (Å²) in [5.41, 5.74) is 5.75. The van der Waals surface area contributed by atoms with Gasteiger partial charge >= 0.3 is 0 Å². The first kappa shape index (κ1) is 31.3. The van der Waals surface area contributed by atoms with E-state index in [2.05, 4.69) is 96.0 Å². The summed E-state index contributed by atoms with van der Waals surface area (Å²) in [6.45, 7) is 13.5. The number of carbonyl (C=O) groups excluding carboxylic acids is 1. The van der Waals surface area contributed by atoms with Crippen LogP contribution in [-0.4, -0.2) is 80.9 Å². The molecule has 1 fully saturated rings. The number of hydrogen-bond donors (Lipinski definition) is 1. The van der Waals surface area contributed by atoms with Crippen LogP contribution in [0.2, 0.25) is 0 Å². The van der Waals surface area contributed by atoms with Crippen molar-refractivity contribution in [3.05, 3.63) is 71.9 Å². The number of ether oxygens (including phenoxy) is 2. The number of pyridine rings is 1. The van der Waals surface area contributed by atoms with Gasteiger partial charge in [-0.15, -0.1) is 0 Å². The third-order valence-electron chi connectivity index (χ3n) is 8.65. The maximum absolute atomic E-state index is 12.2. The Balaban J connectivity index is 1.47. The second-order valence-corrected chi connectivity index (χ2v) is 11.8. The fraction of sp³-hybridized carbons (Fsp3) is 0.457. The largest absolute Gasteiger partial charge is 0.476 e. The number of nitrogens with one attached hydrogen (secondary N) is 1. The third kappa shape index (κ3) is 7.15. The number of aryl methyl sites for hydroxylation is 1. The first-order chi connectivity index (χ1) is 21.4. The second kappa shape index (κ2) is 14.6. The van der Waals surface area contributed by atoms with Crippen LogP contribution in [0.15, 0.2) is 55.1 Å². The Hall–Kier alpha value is -4.13. The number of amides is 1. The van der Waals surface area contributed by atoms with Gasteiger partial charge in [-0.05, 0) is 49.9 Å². The number of nitrogens with zero attached hydrogens (tertiary/aromatic N) is 5. The van der Waals surface area contributed by atoms with Crippen LogP contribution in [0.1, 0.15) is 36.6 Å². The lowest BCUT2D eigenvalue weighted by Crippen LogP contribution is -2.48. The van der Waals surface area contributed by atoms with Crippen LogP contribution >= 0.6 is 0 Å². The topological polar surface area (TPSA) is 94.0 Å². The van der Waals surface area contributed by atoms with E-state index >= 15 is 0 Å². The van der Waals surface area contributed by atoms with Crippen LogP contribution in [0.25, 0.3) is 10.8 Å². The SMILES string of the molecule is C=CC(=O)NC(CC#N)CN(CCC)c1cc(OCCN(C)C2COC2)nc2c1CCN(c1cccc3cccc(C)c13)C2. The number of aromatic nitrogens is 1. The molecule has 2 aromatic carbocycles. The maximum Gasteiger partial charge on any atom is 0.243 e. The number of rotatable bonds is 14. The average molecular weight is 597 g/mol. The zero-order valence-electron chi connectivity index (χ0n) is 26.2. The summed E-state index contributed by atoms with van der Waals surface area (Å²) in [6, 6.07) is 17.4. The standard InChI is InChI=1S/C35H44N6O3/c1-5-16-40(21-27(13-15-36)37-33(42)6-2)32-20-34(44-19-18-39(4)28-23-43-24-28)38-30-22-41(17-14-29(30)32)31-12-8-11-26-10-7-9-25(3)35(26)31/h6-12,20,27-28H,2,5,13-14,16-19,21-24H2,1,3-4H3,(H,37,42). The lowest BCUT2D eigenvalue weighted by molar-refractivity contribution is -0.117. The summed E-state index contributed by atoms with van der Waals surface area (Å²) < 4.78 is 11.7. The number of anilines is 2. The van der Waals surface area contributed by atoms with Crippen LogP contribution in [0.3, 0.4) is 0 Å². The molecule has 9 heteroatoms. The van der Waals surface area contributed by atoms with Gasteiger partial charge in [0.05, 0.1) is 50.0 Å². The van der Waals surface area contributed by atoms with Crippen molar-refractivity contribution >= 4 is 28.1 Å². The van der Waals surface area contributed by atoms with E-state index in [0.29, 0.717) is 31.6 Å². The first-order valence-electron chi connectivity index (χ1n) is 15.6. The zero-order valence-corrected chi connectivity index (χ0v) is 26.2. The molecule has 0 spiro atoms. The van der Waals surface area contributed by atoms with E-state index < -0.39 is 0 Å². The molecular formula is C35H44N6O3. The molecule has 1 N–H and O–H groups in total. The highest BCUT2D eigenvalue weighted by atomic mass is 16.5. The highest BCUT2D eigenvalue weighted by molar-refractivity contribution is 5.97. The number of fused-ring (bicyclic) bond motifs is 2. The van der Waals surface area contributed by atoms with Gasteiger partial charge in [-0.3, -0.25) is 9.69 Å². The molecule has 44 heavy (non-hydrogen) atoms. The summed E-state index contributed by atoms with van der Waals surface area (Å²) in [5.74, 6) is 0.325. The van der Waals surface area contributed by atoms with Crippen molar-refractivity contribution in [1.82, 2.24) is 15.2 Å². The fourth-order valence-electron chi connectivity index (χ4n) is 6.16. The molecule has 3 aromatic rings. The molecule has 1 aromatic heterocycles. The van der Waals surface area contributed by atoms with E-state index in [0.717, 1.165) is 57.1 Å². The highest BCUT2D eigenvalue weighted by Gasteiger charge is 2.27. The van der Waals surface area contributed by atoms with Crippen LogP contribution in [-0.2, 0) is 22.5 Å². The summed E-state index contributed by atoms with van der Waals surface area (Å²) in [6.07, 6.45) is 3.21. The van der Waals surface area contributed by atoms with Gasteiger partial charge in [0.2, 0.25) is 11.8 Å². The molecule has 1 amide bonds. The van der Waals surface area contributed by atoms with E-state index in [1.54, 1.807) is 0 Å². The van der Waals surface area contributed by atoms with Crippen molar-refractivity contribution in [2.45, 2.75) is 51.7 Å². The van der Waals surface area contributed by atoms with Gasteiger partial charge in [0.25, 0.3) is 0 Å². The second-order valence-electron chi connectivity index (χ2n) is 11.8. The van der Waals surface area contributed by atoms with Crippen molar-refractivity contribution in [3.8, 4) is 11.9 Å². The Morgan fingerprint density at radius 1 is 1.30 bits per heavy atom. The average Bonchev–Trinajstić information content (AvgIpc) is 2.99. The van der Waals surface area contributed by atoms with Crippen LogP contribution in [0.4, 0.5) is 11.4 Å². The lowest BCUT2D eigenvalue weighted by atomic mass is 9.98. The van der Waals surface area contributed by atoms with Crippen molar-refractivity contribution in [2.24, 2.45) is 0 Å². The molecule has 9 nitrogen and oxygen atoms in total. The molecule has 0 saturated carbocycles. The van der Waals surface area contributed by atoms with E-state index in [-0.39, 0.29) is 18.4 Å². The van der Waals surface area contributed by atoms with E-state index in [1.165, 1.54) is 33.7 Å². The van der Waals surface area contributed by atoms with Crippen LogP contribution in [0, 0.1) is 18.3 Å². The molecule has 2 aliphatic heterocycles. The van der Waals surface area contributed by atoms with Gasteiger partial charge in [-0.25, -0.2) is 4.98 Å². The molecule has 0 aliphatic carbocycles. The summed E-state index contributed by atoms with van der Waals surface area (Å²) in [5, 5.41) is 15.0. The maximum atomic E-state index is 12.2. The van der Waals surface area contributed by atoms with Gasteiger partial charge in [-0.1, -0.05) is 43.8 Å². The number of nitriles is 1.